The van der Waals surface area contributed by atoms with Crippen molar-refractivity contribution in [2.45, 2.75) is 284 Å². The molecule has 22 N–H and O–H groups in total. The Morgan fingerprint density at radius 2 is 0.382 bits per heavy atom. The molecule has 30 aliphatic rings. The van der Waals surface area contributed by atoms with Gasteiger partial charge in [0.2, 0.25) is 0 Å². The van der Waals surface area contributed by atoms with Crippen LogP contribution in [-0.2, 0) is 114 Å². The number of carboxylic acids is 6. The second kappa shape index (κ2) is 50.6. The molecule has 40 atom stereocenters. The quantitative estimate of drug-likeness (QED) is 0.0156. The van der Waals surface area contributed by atoms with Crippen molar-refractivity contribution in [3.63, 3.8) is 0 Å². The van der Waals surface area contributed by atoms with Crippen molar-refractivity contribution in [1.82, 2.24) is 0 Å². The molecule has 123 heavy (non-hydrogen) atoms. The molecule has 0 aromatic carbocycles. The molecule has 16 bridgehead atoms. The normalized spacial score (nSPS) is 42.7. The molecule has 0 radical (unpaired) electrons. The van der Waals surface area contributed by atoms with Gasteiger partial charge in [-0.1, -0.05) is 0 Å². The topological polar surface area (TPSA) is 721 Å². The third-order valence-corrected chi connectivity index (χ3v) is 28.5. The summed E-state index contributed by atoms with van der Waals surface area (Å²) < 4.78 is 105. The van der Waals surface area contributed by atoms with Gasteiger partial charge in [0.05, 0.1) is 87.4 Å². The Labute approximate surface area is 736 Å². The van der Waals surface area contributed by atoms with Crippen molar-refractivity contribution < 1.29 is 226 Å². The minimum Gasteiger partial charge on any atom is -0.481 e. The third-order valence-electron chi connectivity index (χ3n) is 20.8. The molecule has 0 aromatic rings. The lowest BCUT2D eigenvalue weighted by atomic mass is 9.95. The molecule has 30 heterocycles. The molecular weight excluding hydrogens is 1820 g/mol. The Kier molecular flexibility index (Phi) is 43.0. The van der Waals surface area contributed by atoms with Crippen molar-refractivity contribution in [1.29, 1.82) is 0 Å². The molecule has 46 nitrogen and oxygen atoms in total. The third kappa shape index (κ3) is 28.7. The number of hydrogen-bond donors (Lipinski definition) is 23. The monoisotopic (exact) mass is 1930 g/mol. The summed E-state index contributed by atoms with van der Waals surface area (Å²) in [6.07, 6.45) is -82.7. The standard InChI is InChI=1S/C69H108O46S8/c70-23-99-7-14-123-22-31-61-45(90)53(98)69(107-31)114-56-26(17-118-9-2-33(73)74)101-63(47(92)39(56)84)108-54-24(15-116)100-62(46(91)38(54)83)109-55-25(16-117-8-1-32(71)72)102-64(48(93)40(55)85)110-57-27(18-119-10-3-34(75)76)103-65(49(94)41(57)86)111-58-28(19-120-11-4-35(77)78)104-66(50(95)42(58)87)112-59-29(20-121-12-5-36(79)80)105-67(51(96)43(59)88)113-60-30(21-122-13-6-37(81)82)106-68(115-61)52(97)44(60)89/h23-31,38-69,83-98,116H,1-22H2,(H,71,72)(H,73,74)(H,75,76)(H,77,78)(H,79,80)(H,81,82)/t24-,25-,26-,27-,28-,29-,30-,31-,38-,39-,40-,41-,42-,43-,44-,45-,46-,47-,48-,49-,50-,51?,52-,53-,54-,55-,56-,57-,58-,59-,60-,61-,62-,63-,64-,65-,66-,67-,68-,69-/m1/s1. The molecule has 0 spiro atoms. The predicted molar refractivity (Wildman–Crippen MR) is 425 cm³/mol. The van der Waals surface area contributed by atoms with Crippen LogP contribution in [0.3, 0.4) is 0 Å². The van der Waals surface area contributed by atoms with E-state index in [1.165, 1.54) is 0 Å². The molecule has 708 valence electrons. The molecule has 30 aliphatic heterocycles. The Balaban J connectivity index is 1.10. The summed E-state index contributed by atoms with van der Waals surface area (Å²) in [5.74, 6) is -11.0. The summed E-state index contributed by atoms with van der Waals surface area (Å²) in [7, 11) is 0. The lowest BCUT2D eigenvalue weighted by molar-refractivity contribution is -0.396. The molecule has 30 fully saturated rings. The summed E-state index contributed by atoms with van der Waals surface area (Å²) in [6.45, 7) is -0.0293. The zero-order chi connectivity index (χ0) is 89.8. The number of thiol groups is 1. The SMILES string of the molecule is O=COCCSC[C@H]1O[C@@H]2O[C@H]3[C@H](O)[C@@H](O)[C@@H](O[C@H]4[C@H](O)[C@@H](O)[C@@H](O[C@H]5[C@H](O)[C@@H](O)[C@@H](O[C@H]6[C@H](O)[C@@H](O)[C@@H](O[C@H]7[C@H](O)[C@@H](O)[C@@H](O[C@H]8[C@H](O)C(O)[C@@H](O[C@H]9[C@H](O)[C@@H](O)[C@@H](O[C@H]1[C@H](O)[C@H]2O)O[C@@H]9CSCCC(=O)O)O[C@@H]8CSCCC(=O)O)O[C@@H]7CSCCC(=O)O)O[C@@H]6CSCCC(=O)O)O[C@@H]5CSCCC(=O)O)O[C@@H]4CS)O[C@@H]3CSCCC(=O)O. The van der Waals surface area contributed by atoms with E-state index < -0.39 is 326 Å². The van der Waals surface area contributed by atoms with E-state index in [2.05, 4.69) is 12.6 Å². The molecule has 0 saturated carbocycles. The zero-order valence-corrected chi connectivity index (χ0v) is 71.8. The van der Waals surface area contributed by atoms with E-state index in [1.807, 2.05) is 0 Å². The van der Waals surface area contributed by atoms with Crippen molar-refractivity contribution in [2.75, 3.05) is 92.9 Å². The summed E-state index contributed by atoms with van der Waals surface area (Å²) in [5.41, 5.74) is 0. The van der Waals surface area contributed by atoms with Crippen LogP contribution in [0.4, 0.5) is 0 Å². The van der Waals surface area contributed by atoms with Crippen molar-refractivity contribution in [2.24, 2.45) is 0 Å². The van der Waals surface area contributed by atoms with Gasteiger partial charge in [0, 0.05) is 86.3 Å². The second-order valence-electron chi connectivity index (χ2n) is 29.5. The summed E-state index contributed by atoms with van der Waals surface area (Å²) in [4.78, 5) is 81.7. The number of ether oxygens (including phenoxy) is 17. The summed E-state index contributed by atoms with van der Waals surface area (Å²) in [6, 6.07) is 0. The highest BCUT2D eigenvalue weighted by Gasteiger charge is 2.61. The number of aliphatic carboxylic acids is 6. The fourth-order valence-corrected chi connectivity index (χ4v) is 21.4. The first kappa shape index (κ1) is 105. The number of thioether (sulfide) groups is 7. The van der Waals surface area contributed by atoms with Gasteiger partial charge in [-0.05, 0) is 0 Å². The number of carbonyl (C=O) groups is 7. The Bertz CT molecular complexity index is 3270. The molecule has 1 unspecified atom stereocenters. The van der Waals surface area contributed by atoms with Gasteiger partial charge >= 0.3 is 35.8 Å². The van der Waals surface area contributed by atoms with E-state index >= 15 is 0 Å². The lowest BCUT2D eigenvalue weighted by Gasteiger charge is -2.51. The molecular formula is C69H108O46S8. The second-order valence-corrected chi connectivity index (χ2v) is 37.9. The molecule has 0 amide bonds. The number of aliphatic hydroxyl groups excluding tert-OH is 16. The van der Waals surface area contributed by atoms with Gasteiger partial charge < -0.3 is 193 Å². The largest absolute Gasteiger partial charge is 0.481 e. The van der Waals surface area contributed by atoms with Gasteiger partial charge in [-0.3, -0.25) is 33.6 Å². The highest BCUT2D eigenvalue weighted by molar-refractivity contribution is 8.00. The first-order valence-corrected chi connectivity index (χ1v) is 47.6. The van der Waals surface area contributed by atoms with Crippen LogP contribution in [0.15, 0.2) is 0 Å². The van der Waals surface area contributed by atoms with Gasteiger partial charge in [0.1, 0.15) is 153 Å². The number of hydrogen-bond acceptors (Lipinski definition) is 48. The van der Waals surface area contributed by atoms with Crippen molar-refractivity contribution >= 4 is 137 Å². The first-order valence-electron chi connectivity index (χ1n) is 38.9. The number of carboxylic acid groups (broad SMARTS) is 6. The number of rotatable bonds is 37. The van der Waals surface area contributed by atoms with Gasteiger partial charge in [0.15, 0.2) is 50.3 Å². The zero-order valence-electron chi connectivity index (χ0n) is 65.2. The van der Waals surface area contributed by atoms with E-state index in [4.69, 9.17) is 80.5 Å². The maximum atomic E-state index is 12.3. The van der Waals surface area contributed by atoms with Crippen LogP contribution in [0.1, 0.15) is 38.5 Å². The van der Waals surface area contributed by atoms with Gasteiger partial charge in [-0.15, -0.1) is 0 Å². The maximum Gasteiger partial charge on any atom is 0.304 e. The van der Waals surface area contributed by atoms with Gasteiger partial charge in [0.25, 0.3) is 6.47 Å². The fraction of sp³-hybridized carbons (Fsp3) is 0.899. The Hall–Kier alpha value is -2.19. The smallest absolute Gasteiger partial charge is 0.304 e. The van der Waals surface area contributed by atoms with Crippen LogP contribution in [0.2, 0.25) is 0 Å². The Morgan fingerprint density at radius 1 is 0.236 bits per heavy atom. The lowest BCUT2D eigenvalue weighted by Crippen LogP contribution is -2.69. The summed E-state index contributed by atoms with van der Waals surface area (Å²) in [5, 5.41) is 251. The van der Waals surface area contributed by atoms with E-state index in [0.717, 1.165) is 82.3 Å². The summed E-state index contributed by atoms with van der Waals surface area (Å²) >= 11 is 10.8. The van der Waals surface area contributed by atoms with Gasteiger partial charge in [-0.25, -0.2) is 0 Å². The average Bonchev–Trinajstić information content (AvgIpc) is 0.771. The number of aliphatic hydroxyl groups is 16. The highest BCUT2D eigenvalue weighted by Crippen LogP contribution is 2.43. The minimum atomic E-state index is -2.30. The van der Waals surface area contributed by atoms with E-state index in [1.54, 1.807) is 0 Å². The predicted octanol–water partition coefficient (Wildman–Crippen LogP) is -8.26. The van der Waals surface area contributed by atoms with Crippen LogP contribution in [0, 0.1) is 0 Å². The minimum absolute atomic E-state index is 0.0312. The number of carbonyl (C=O) groups excluding carboxylic acids is 1. The molecule has 0 aliphatic carbocycles. The molecule has 30 rings (SSSR count). The van der Waals surface area contributed by atoms with Crippen LogP contribution in [-0.4, -0.2) is 493 Å². The van der Waals surface area contributed by atoms with Crippen molar-refractivity contribution in [3.05, 3.63) is 0 Å². The highest BCUT2D eigenvalue weighted by atomic mass is 32.2. The fourth-order valence-electron chi connectivity index (χ4n) is 14.3. The van der Waals surface area contributed by atoms with E-state index in [-0.39, 0.29) is 93.6 Å². The van der Waals surface area contributed by atoms with E-state index in [9.17, 15) is 146 Å². The molecule has 0 aromatic heterocycles. The molecule has 30 saturated heterocycles. The molecule has 54 heteroatoms. The van der Waals surface area contributed by atoms with Gasteiger partial charge in [-0.2, -0.15) is 95.0 Å². The van der Waals surface area contributed by atoms with Crippen LogP contribution < -0.4 is 0 Å². The maximum absolute atomic E-state index is 12.3. The van der Waals surface area contributed by atoms with Crippen LogP contribution in [0.5, 0.6) is 0 Å². The van der Waals surface area contributed by atoms with Crippen LogP contribution in [0.25, 0.3) is 0 Å². The van der Waals surface area contributed by atoms with E-state index in [0.29, 0.717) is 0 Å². The average molecular weight is 1930 g/mol. The first-order chi connectivity index (χ1) is 58.5. The van der Waals surface area contributed by atoms with Crippen LogP contribution >= 0.6 is 95.0 Å². The Morgan fingerprint density at radius 3 is 0.528 bits per heavy atom. The van der Waals surface area contributed by atoms with Crippen molar-refractivity contribution in [3.8, 4) is 0 Å².